The Hall–Kier alpha value is -0.370. The molecule has 1 rings (SSSR count). The van der Waals surface area contributed by atoms with Gasteiger partial charge in [-0.1, -0.05) is 13.8 Å². The lowest BCUT2D eigenvalue weighted by Crippen LogP contribution is -2.50. The molecule has 64 valence electrons. The second kappa shape index (κ2) is 3.86. The van der Waals surface area contributed by atoms with Crippen LogP contribution in [0.15, 0.2) is 0 Å². The molecule has 1 heterocycles. The summed E-state index contributed by atoms with van der Waals surface area (Å²) in [6.07, 6.45) is 1.91. The highest BCUT2D eigenvalue weighted by atomic mass is 16.1. The lowest BCUT2D eigenvalue weighted by atomic mass is 9.94. The van der Waals surface area contributed by atoms with Crippen molar-refractivity contribution in [2.75, 3.05) is 19.6 Å². The fourth-order valence-corrected chi connectivity index (χ4v) is 1.56. The van der Waals surface area contributed by atoms with Crippen molar-refractivity contribution in [3.63, 3.8) is 0 Å². The molecular formula is C9H17NO. The highest BCUT2D eigenvalue weighted by Crippen LogP contribution is 2.17. The number of rotatable bonds is 4. The first-order valence-electron chi connectivity index (χ1n) is 4.53. The normalized spacial score (nSPS) is 19.8. The molecule has 1 fully saturated rings. The van der Waals surface area contributed by atoms with Crippen LogP contribution in [0.5, 0.6) is 0 Å². The quantitative estimate of drug-likeness (QED) is 0.610. The van der Waals surface area contributed by atoms with Crippen LogP contribution >= 0.6 is 0 Å². The average molecular weight is 155 g/mol. The first-order valence-corrected chi connectivity index (χ1v) is 4.53. The van der Waals surface area contributed by atoms with Gasteiger partial charge in [-0.3, -0.25) is 4.79 Å². The molecule has 0 atom stereocenters. The van der Waals surface area contributed by atoms with Crippen molar-refractivity contribution in [2.24, 2.45) is 5.92 Å². The van der Waals surface area contributed by atoms with Crippen molar-refractivity contribution in [3.05, 3.63) is 0 Å². The number of Topliss-reactive ketones (excluding diaryl/α,β-unsaturated/α-hetero) is 1. The van der Waals surface area contributed by atoms with Gasteiger partial charge in [-0.15, -0.1) is 0 Å². The summed E-state index contributed by atoms with van der Waals surface area (Å²) in [4.78, 5) is 13.5. The molecule has 1 saturated heterocycles. The van der Waals surface area contributed by atoms with Gasteiger partial charge in [0.1, 0.15) is 5.78 Å². The molecule has 0 saturated carbocycles. The van der Waals surface area contributed by atoms with Gasteiger partial charge in [-0.05, 0) is 13.0 Å². The fourth-order valence-electron chi connectivity index (χ4n) is 1.56. The third-order valence-electron chi connectivity index (χ3n) is 2.30. The van der Waals surface area contributed by atoms with E-state index in [0.717, 1.165) is 19.6 Å². The second-order valence-electron chi connectivity index (χ2n) is 3.28. The van der Waals surface area contributed by atoms with Gasteiger partial charge in [-0.25, -0.2) is 0 Å². The first-order chi connectivity index (χ1) is 5.27. The van der Waals surface area contributed by atoms with Crippen LogP contribution in [0.3, 0.4) is 0 Å². The van der Waals surface area contributed by atoms with E-state index in [0.29, 0.717) is 18.1 Å². The van der Waals surface area contributed by atoms with Crippen molar-refractivity contribution in [1.29, 1.82) is 0 Å². The summed E-state index contributed by atoms with van der Waals surface area (Å²) in [7, 11) is 0. The smallest absolute Gasteiger partial charge is 0.138 e. The van der Waals surface area contributed by atoms with Crippen LogP contribution in [0.25, 0.3) is 0 Å². The van der Waals surface area contributed by atoms with Crippen molar-refractivity contribution in [1.82, 2.24) is 4.90 Å². The third-order valence-corrected chi connectivity index (χ3v) is 2.30. The molecule has 1 aliphatic rings. The van der Waals surface area contributed by atoms with Crippen LogP contribution in [-0.2, 0) is 4.79 Å². The average Bonchev–Trinajstić information content (AvgIpc) is 1.94. The molecule has 0 bridgehead atoms. The molecule has 0 aromatic carbocycles. The van der Waals surface area contributed by atoms with Gasteiger partial charge in [0.05, 0.1) is 0 Å². The Morgan fingerprint density at radius 3 is 2.55 bits per heavy atom. The van der Waals surface area contributed by atoms with Crippen molar-refractivity contribution >= 4 is 5.78 Å². The summed E-state index contributed by atoms with van der Waals surface area (Å²) in [6.45, 7) is 7.31. The summed E-state index contributed by atoms with van der Waals surface area (Å²) in [5.74, 6) is 0.809. The molecule has 2 heteroatoms. The minimum Gasteiger partial charge on any atom is -0.302 e. The number of nitrogens with zero attached hydrogens (tertiary/aromatic N) is 1. The van der Waals surface area contributed by atoms with Crippen LogP contribution in [0.1, 0.15) is 26.7 Å². The largest absolute Gasteiger partial charge is 0.302 e. The Morgan fingerprint density at radius 1 is 1.45 bits per heavy atom. The van der Waals surface area contributed by atoms with E-state index in [1.165, 1.54) is 6.42 Å². The van der Waals surface area contributed by atoms with Crippen molar-refractivity contribution < 1.29 is 4.79 Å². The molecule has 1 aliphatic heterocycles. The Morgan fingerprint density at radius 2 is 2.09 bits per heavy atom. The third kappa shape index (κ3) is 2.03. The minimum atomic E-state index is 0.367. The van der Waals surface area contributed by atoms with E-state index in [1.54, 1.807) is 0 Å². The Balaban J connectivity index is 2.13. The lowest BCUT2D eigenvalue weighted by molar-refractivity contribution is -0.127. The van der Waals surface area contributed by atoms with Crippen molar-refractivity contribution in [2.45, 2.75) is 26.7 Å². The molecular weight excluding hydrogens is 138 g/mol. The van der Waals surface area contributed by atoms with Crippen LogP contribution in [0.4, 0.5) is 0 Å². The van der Waals surface area contributed by atoms with E-state index >= 15 is 0 Å². The number of carbonyl (C=O) groups is 1. The summed E-state index contributed by atoms with van der Waals surface area (Å²) in [5.41, 5.74) is 0. The molecule has 0 spiro atoms. The van der Waals surface area contributed by atoms with E-state index in [9.17, 15) is 4.79 Å². The number of carbonyl (C=O) groups excluding carboxylic acids is 1. The molecule has 0 unspecified atom stereocenters. The maximum atomic E-state index is 11.1. The zero-order valence-corrected chi connectivity index (χ0v) is 7.47. The molecule has 0 radical (unpaired) electrons. The molecule has 2 nitrogen and oxygen atoms in total. The number of hydrogen-bond acceptors (Lipinski definition) is 2. The fraction of sp³-hybridized carbons (Fsp3) is 0.889. The molecule has 0 N–H and O–H groups in total. The molecule has 11 heavy (non-hydrogen) atoms. The highest BCUT2D eigenvalue weighted by molar-refractivity contribution is 5.81. The van der Waals surface area contributed by atoms with Gasteiger partial charge < -0.3 is 4.90 Å². The first kappa shape index (κ1) is 8.72. The SMILES string of the molecule is CCCN1CC(C(=O)CC)C1. The van der Waals surface area contributed by atoms with Crippen molar-refractivity contribution in [3.8, 4) is 0 Å². The predicted molar refractivity (Wildman–Crippen MR) is 45.5 cm³/mol. The van der Waals surface area contributed by atoms with Crippen LogP contribution in [0.2, 0.25) is 0 Å². The van der Waals surface area contributed by atoms with Gasteiger partial charge >= 0.3 is 0 Å². The zero-order chi connectivity index (χ0) is 8.27. The number of hydrogen-bond donors (Lipinski definition) is 0. The van der Waals surface area contributed by atoms with Gasteiger partial charge in [-0.2, -0.15) is 0 Å². The van der Waals surface area contributed by atoms with Gasteiger partial charge in [0.25, 0.3) is 0 Å². The monoisotopic (exact) mass is 155 g/mol. The Bertz CT molecular complexity index is 138. The number of likely N-dealkylation sites (tertiary alicyclic amines) is 1. The topological polar surface area (TPSA) is 20.3 Å². The maximum Gasteiger partial charge on any atom is 0.138 e. The standard InChI is InChI=1S/C9H17NO/c1-3-5-10-6-8(7-10)9(11)4-2/h8H,3-7H2,1-2H3. The molecule has 0 aliphatic carbocycles. The zero-order valence-electron chi connectivity index (χ0n) is 7.47. The summed E-state index contributed by atoms with van der Waals surface area (Å²) in [6, 6.07) is 0. The van der Waals surface area contributed by atoms with Gasteiger partial charge in [0.15, 0.2) is 0 Å². The van der Waals surface area contributed by atoms with Crippen LogP contribution < -0.4 is 0 Å². The summed E-state index contributed by atoms with van der Waals surface area (Å²) < 4.78 is 0. The maximum absolute atomic E-state index is 11.1. The van der Waals surface area contributed by atoms with Gasteiger partial charge in [0.2, 0.25) is 0 Å². The lowest BCUT2D eigenvalue weighted by Gasteiger charge is -2.37. The van der Waals surface area contributed by atoms with E-state index in [1.807, 2.05) is 6.92 Å². The van der Waals surface area contributed by atoms with Crippen LogP contribution in [0, 0.1) is 5.92 Å². The highest BCUT2D eigenvalue weighted by Gasteiger charge is 2.30. The minimum absolute atomic E-state index is 0.367. The second-order valence-corrected chi connectivity index (χ2v) is 3.28. The van der Waals surface area contributed by atoms with E-state index in [-0.39, 0.29) is 0 Å². The van der Waals surface area contributed by atoms with E-state index < -0.39 is 0 Å². The van der Waals surface area contributed by atoms with E-state index in [4.69, 9.17) is 0 Å². The van der Waals surface area contributed by atoms with E-state index in [2.05, 4.69) is 11.8 Å². The van der Waals surface area contributed by atoms with Crippen LogP contribution in [-0.4, -0.2) is 30.3 Å². The Kier molecular flexibility index (Phi) is 3.06. The Labute approximate surface area is 68.6 Å². The predicted octanol–water partition coefficient (Wildman–Crippen LogP) is 1.31. The van der Waals surface area contributed by atoms with Gasteiger partial charge in [0, 0.05) is 25.4 Å². The molecule has 0 amide bonds. The summed E-state index contributed by atoms with van der Waals surface area (Å²) in [5, 5.41) is 0. The number of ketones is 1. The molecule has 0 aromatic heterocycles. The molecule has 0 aromatic rings. The summed E-state index contributed by atoms with van der Waals surface area (Å²) >= 11 is 0.